The average molecular weight is 2030 g/mol. The number of hydrogen-bond acceptors (Lipinski definition) is 21. The fourth-order valence-electron chi connectivity index (χ4n) is 17.3. The zero-order valence-corrected chi connectivity index (χ0v) is 86.5. The van der Waals surface area contributed by atoms with Gasteiger partial charge in [0.25, 0.3) is 11.8 Å². The van der Waals surface area contributed by atoms with Crippen LogP contribution in [0, 0.1) is 73.0 Å². The third-order valence-corrected chi connectivity index (χ3v) is 27.9. The molecule has 0 spiro atoms. The SMILES string of the molecule is Cc1ncsc1-c1ccc(CNC(=O)[C@@H]2C[C@@H](C)CN2C(=O)[C@@H](NC(=O)COCCCCOCCCCOc2ccc(N3C(=S)N(c4ccc(C#N)c(C(F)(F)F)c4)C(=O)C3(C)C)cc2F)C(C)(C)C)cc1.[C-]#[N+]c1ccc(N2C(=O)C(C)(C)N(c3ccc(OCCCCOCCCCOCC(=O)N[C@H](C(=O)N4C[C@H](C)C[C@H]4C(=O)N[C@@H](C)c4ccc(-c5scnc5C)cc4)C(C)(C)C)c(F)c3)C2=S)cc1C. The van der Waals surface area contributed by atoms with Gasteiger partial charge in [0.15, 0.2) is 39.0 Å². The van der Waals surface area contributed by atoms with Crippen molar-refractivity contribution in [2.45, 2.75) is 229 Å². The van der Waals surface area contributed by atoms with Crippen LogP contribution in [0.2, 0.25) is 0 Å². The summed E-state index contributed by atoms with van der Waals surface area (Å²) in [6.07, 6.45) is 1.44. The van der Waals surface area contributed by atoms with Gasteiger partial charge in [0, 0.05) is 88.5 Å². The van der Waals surface area contributed by atoms with Crippen LogP contribution in [0.25, 0.3) is 25.7 Å². The molecule has 4 aliphatic rings. The zero-order valence-electron chi connectivity index (χ0n) is 83.2. The lowest BCUT2D eigenvalue weighted by molar-refractivity contribution is -0.144. The van der Waals surface area contributed by atoms with Gasteiger partial charge in [0.1, 0.15) is 48.5 Å². The monoisotopic (exact) mass is 2030 g/mol. The highest BCUT2D eigenvalue weighted by atomic mass is 32.1. The number of rotatable bonds is 42. The normalized spacial score (nSPS) is 17.5. The van der Waals surface area contributed by atoms with E-state index < -0.39 is 92.7 Å². The van der Waals surface area contributed by atoms with Crippen LogP contribution in [0.5, 0.6) is 11.5 Å². The molecule has 0 saturated carbocycles. The molecule has 37 heteroatoms. The molecule has 6 heterocycles. The minimum atomic E-state index is -4.85. The predicted molar refractivity (Wildman–Crippen MR) is 545 cm³/mol. The van der Waals surface area contributed by atoms with Crippen LogP contribution in [0.4, 0.5) is 50.4 Å². The predicted octanol–water partition coefficient (Wildman–Crippen LogP) is 18.8. The first-order valence-electron chi connectivity index (χ1n) is 47.7. The number of anilines is 4. The summed E-state index contributed by atoms with van der Waals surface area (Å²) in [5.74, 6) is -3.80. The van der Waals surface area contributed by atoms with Gasteiger partial charge in [-0.1, -0.05) is 110 Å². The fourth-order valence-corrected chi connectivity index (χ4v) is 20.0. The van der Waals surface area contributed by atoms with Crippen molar-refractivity contribution in [2.24, 2.45) is 22.7 Å². The molecule has 0 bridgehead atoms. The highest BCUT2D eigenvalue weighted by Crippen LogP contribution is 2.44. The summed E-state index contributed by atoms with van der Waals surface area (Å²) in [5, 5.41) is 21.2. The molecule has 8 aromatic rings. The lowest BCUT2D eigenvalue weighted by atomic mass is 9.85. The van der Waals surface area contributed by atoms with Crippen molar-refractivity contribution >= 4 is 133 Å². The number of ether oxygens (including phenoxy) is 6. The smallest absolute Gasteiger partial charge is 0.417 e. The number of amides is 8. The number of unbranched alkanes of at least 4 members (excludes halogenated alkanes) is 4. The number of thiazole rings is 2. The van der Waals surface area contributed by atoms with Crippen molar-refractivity contribution in [1.29, 1.82) is 5.26 Å². The Balaban J connectivity index is 0.000000271. The average Bonchev–Trinajstić information content (AvgIpc) is 1.58. The first-order chi connectivity index (χ1) is 67.2. The molecule has 6 aromatic carbocycles. The fraction of sp³-hybridized carbons (Fsp3) is 0.486. The van der Waals surface area contributed by atoms with Crippen molar-refractivity contribution in [1.82, 2.24) is 41.0 Å². The molecule has 4 fully saturated rings. The number of nitriles is 1. The Morgan fingerprint density at radius 2 is 0.951 bits per heavy atom. The topological polar surface area (TPSA) is 313 Å². The number of carbonyl (C=O) groups excluding carboxylic acids is 8. The highest BCUT2D eigenvalue weighted by Gasteiger charge is 2.54. The molecule has 142 heavy (non-hydrogen) atoms. The Bertz CT molecular complexity index is 5930. The maximum Gasteiger partial charge on any atom is 0.417 e. The van der Waals surface area contributed by atoms with E-state index in [1.807, 2.05) is 136 Å². The van der Waals surface area contributed by atoms with E-state index in [0.717, 1.165) is 72.4 Å². The molecule has 4 saturated heterocycles. The number of aryl methyl sites for hydroxylation is 3. The van der Waals surface area contributed by atoms with E-state index >= 15 is 8.78 Å². The van der Waals surface area contributed by atoms with Gasteiger partial charge in [-0.15, -0.1) is 22.7 Å². The summed E-state index contributed by atoms with van der Waals surface area (Å²) in [6, 6.07) is 30.8. The van der Waals surface area contributed by atoms with Crippen molar-refractivity contribution in [2.75, 3.05) is 98.8 Å². The second-order valence-corrected chi connectivity index (χ2v) is 41.8. The molecule has 0 aliphatic carbocycles. The van der Waals surface area contributed by atoms with Crippen LogP contribution in [-0.2, 0) is 70.0 Å². The zero-order chi connectivity index (χ0) is 103. The quantitative estimate of drug-likeness (QED) is 0.0120. The number of aromatic nitrogens is 2. The van der Waals surface area contributed by atoms with Crippen molar-refractivity contribution < 1.29 is 88.7 Å². The van der Waals surface area contributed by atoms with E-state index in [2.05, 4.69) is 36.1 Å². The molecule has 2 aromatic heterocycles. The maximum absolute atomic E-state index is 15.3. The van der Waals surface area contributed by atoms with Crippen LogP contribution in [-0.4, -0.2) is 192 Å². The Hall–Kier alpha value is -11.8. The summed E-state index contributed by atoms with van der Waals surface area (Å²) in [7, 11) is 0. The van der Waals surface area contributed by atoms with Gasteiger partial charge in [-0.2, -0.15) is 18.4 Å². The van der Waals surface area contributed by atoms with Gasteiger partial charge >= 0.3 is 6.18 Å². The third kappa shape index (κ3) is 27.8. The molecular weight excluding hydrogens is 1900 g/mol. The molecule has 28 nitrogen and oxygen atoms in total. The van der Waals surface area contributed by atoms with E-state index in [1.54, 1.807) is 82.4 Å². The Morgan fingerprint density at radius 3 is 1.35 bits per heavy atom. The molecule has 7 atom stereocenters. The van der Waals surface area contributed by atoms with Crippen molar-refractivity contribution in [3.8, 4) is 38.4 Å². The first kappa shape index (κ1) is 111. The molecule has 4 aliphatic heterocycles. The van der Waals surface area contributed by atoms with Gasteiger partial charge in [-0.05, 0) is 249 Å². The van der Waals surface area contributed by atoms with Gasteiger partial charge in [0.2, 0.25) is 35.4 Å². The lowest BCUT2D eigenvalue weighted by Gasteiger charge is -2.35. The number of nitrogens with one attached hydrogen (secondary N) is 4. The minimum absolute atomic E-state index is 0.0336. The van der Waals surface area contributed by atoms with Crippen LogP contribution < -0.4 is 50.3 Å². The Morgan fingerprint density at radius 1 is 0.549 bits per heavy atom. The summed E-state index contributed by atoms with van der Waals surface area (Å²) < 4.78 is 106. The number of halogens is 5. The van der Waals surface area contributed by atoms with E-state index in [0.29, 0.717) is 140 Å². The summed E-state index contributed by atoms with van der Waals surface area (Å²) in [6.45, 7) is 40.6. The number of thiocarbonyl (C=S) groups is 2. The molecule has 12 rings (SSSR count). The summed E-state index contributed by atoms with van der Waals surface area (Å²) >= 11 is 14.5. The largest absolute Gasteiger partial charge is 0.491 e. The lowest BCUT2D eigenvalue weighted by Crippen LogP contribution is -2.58. The van der Waals surface area contributed by atoms with E-state index in [-0.39, 0.29) is 107 Å². The molecule has 0 unspecified atom stereocenters. The second kappa shape index (κ2) is 49.0. The molecule has 4 N–H and O–H groups in total. The number of nitrogens with zero attached hydrogens (tertiary/aromatic N) is 10. The molecule has 8 amide bonds. The van der Waals surface area contributed by atoms with Gasteiger partial charge in [-0.25, -0.2) is 23.6 Å². The number of hydrogen-bond donors (Lipinski definition) is 4. The van der Waals surface area contributed by atoms with E-state index in [9.17, 15) is 56.8 Å². The maximum atomic E-state index is 15.3. The summed E-state index contributed by atoms with van der Waals surface area (Å²) in [5.41, 5.74) is 6.28. The number of likely N-dealkylation sites (tertiary alicyclic amines) is 2. The van der Waals surface area contributed by atoms with Crippen LogP contribution in [0.1, 0.15) is 199 Å². The molecular formula is C105H127F5N14O14S4. The number of carbonyl (C=O) groups is 8. The van der Waals surface area contributed by atoms with Crippen LogP contribution in [0.15, 0.2) is 132 Å². The number of benzene rings is 6. The van der Waals surface area contributed by atoms with Gasteiger partial charge in [-0.3, -0.25) is 48.2 Å². The molecule has 760 valence electrons. The standard InChI is InChI=1S/C53H66FN7O7S2.C52H61F4N7O7S2/c1-33-27-43(48(63)57-35(3)37-15-17-38(18-16-37)46-36(4)56-32-70-46)59(30-33)49(64)47(52(5,6)7)58-45(62)31-67-25-12-11-23-66-24-13-14-26-68-44-22-20-40(29-41(44)54)61-51(69)60(50(65)53(61,8)9)39-19-21-42(55-10)34(2)28-39;1-32-24-41(46(65)58-28-34-12-14-35(15-13-34)44-33(2)59-31-72-44)61(29-32)47(66)45(50(3,4)5)60-43(64)30-69-22-9-8-20-68-21-10-11-23-70-42-19-18-38(26-40(42)53)63-49(71)62(48(67)51(63,6)7)37-17-16-36(27-57)39(25-37)52(54,55)56/h15-22,28-29,32-33,35,43,47H,11-14,23-27,30-31H2,1-9H3,(H,57,63)(H,58,62);12-19,25-26,31-32,41,45H,8-11,20-24,28-30H2,1-7H3,(H,58,65)(H,60,64)/t33-,35+,43+,47-;32-,41+,45-/m11/s1. The van der Waals surface area contributed by atoms with Crippen LogP contribution in [0.3, 0.4) is 0 Å². The van der Waals surface area contributed by atoms with Gasteiger partial charge < -0.3 is 69.3 Å². The third-order valence-electron chi connectivity index (χ3n) is 25.2. The highest BCUT2D eigenvalue weighted by molar-refractivity contribution is 7.81. The van der Waals surface area contributed by atoms with Crippen molar-refractivity contribution in [3.63, 3.8) is 0 Å². The van der Waals surface area contributed by atoms with Gasteiger partial charge in [0.05, 0.1) is 80.9 Å². The summed E-state index contributed by atoms with van der Waals surface area (Å²) in [4.78, 5) is 132. The second-order valence-electron chi connectivity index (χ2n) is 39.4. The van der Waals surface area contributed by atoms with E-state index in [4.69, 9.17) is 59.4 Å². The number of alkyl halides is 3. The minimum Gasteiger partial charge on any atom is -0.491 e. The van der Waals surface area contributed by atoms with E-state index in [1.165, 1.54) is 60.0 Å². The Labute approximate surface area is 846 Å². The molecule has 0 radical (unpaired) electrons. The van der Waals surface area contributed by atoms with Crippen molar-refractivity contribution in [3.05, 3.63) is 195 Å². The van der Waals surface area contributed by atoms with Crippen LogP contribution >= 0.6 is 47.1 Å². The Kier molecular flexibility index (Phi) is 38.1. The first-order valence-corrected chi connectivity index (χ1v) is 50.2.